The number of nitrogens with zero attached hydrogens (tertiary/aromatic N) is 2. The second-order valence-electron chi connectivity index (χ2n) is 8.65. The van der Waals surface area contributed by atoms with E-state index in [2.05, 4.69) is 15.3 Å². The maximum atomic E-state index is 13.9. The van der Waals surface area contributed by atoms with Crippen molar-refractivity contribution in [2.75, 3.05) is 5.32 Å². The van der Waals surface area contributed by atoms with Crippen molar-refractivity contribution in [2.24, 2.45) is 0 Å². The number of fused-ring (bicyclic) bond motifs is 6. The number of rotatable bonds is 2. The van der Waals surface area contributed by atoms with E-state index in [0.29, 0.717) is 21.5 Å². The van der Waals surface area contributed by atoms with Crippen LogP contribution in [0.1, 0.15) is 11.1 Å². The van der Waals surface area contributed by atoms with E-state index in [1.165, 1.54) is 12.4 Å². The van der Waals surface area contributed by atoms with E-state index in [1.807, 2.05) is 0 Å². The standard InChI is InChI=1S/C28H15F6N3/c29-27(30,31)17-9-21-19-7-3-1-5-15(19)13-35-25(21)23(11-17)37-24-12-18(28(32,33)34)10-22-20-8-4-2-6-16(20)14-36-26(22)24/h1-14,37H. The topological polar surface area (TPSA) is 37.8 Å². The van der Waals surface area contributed by atoms with E-state index in [1.54, 1.807) is 48.5 Å². The van der Waals surface area contributed by atoms with Gasteiger partial charge in [0.2, 0.25) is 0 Å². The predicted molar refractivity (Wildman–Crippen MR) is 132 cm³/mol. The Morgan fingerprint density at radius 2 is 0.919 bits per heavy atom. The summed E-state index contributed by atoms with van der Waals surface area (Å²) in [6.07, 6.45) is -6.34. The molecule has 6 rings (SSSR count). The lowest BCUT2D eigenvalue weighted by Gasteiger charge is -2.18. The predicted octanol–water partition coefficient (Wildman–Crippen LogP) is 8.87. The van der Waals surface area contributed by atoms with Gasteiger partial charge in [0.25, 0.3) is 0 Å². The molecule has 0 atom stereocenters. The van der Waals surface area contributed by atoms with E-state index >= 15 is 0 Å². The van der Waals surface area contributed by atoms with Crippen LogP contribution in [0.2, 0.25) is 0 Å². The van der Waals surface area contributed by atoms with Crippen LogP contribution in [-0.2, 0) is 12.4 Å². The molecule has 3 nitrogen and oxygen atoms in total. The van der Waals surface area contributed by atoms with Gasteiger partial charge >= 0.3 is 12.4 Å². The van der Waals surface area contributed by atoms with Crippen molar-refractivity contribution in [3.05, 3.63) is 96.3 Å². The minimum Gasteiger partial charge on any atom is -0.352 e. The number of anilines is 2. The van der Waals surface area contributed by atoms with Gasteiger partial charge in [-0.2, -0.15) is 26.3 Å². The number of halogens is 6. The maximum Gasteiger partial charge on any atom is 0.416 e. The van der Waals surface area contributed by atoms with Gasteiger partial charge < -0.3 is 5.32 Å². The van der Waals surface area contributed by atoms with Crippen LogP contribution in [0.5, 0.6) is 0 Å². The van der Waals surface area contributed by atoms with Crippen LogP contribution in [0.25, 0.3) is 43.4 Å². The summed E-state index contributed by atoms with van der Waals surface area (Å²) in [5.74, 6) is 0. The summed E-state index contributed by atoms with van der Waals surface area (Å²) in [6.45, 7) is 0. The fourth-order valence-corrected chi connectivity index (χ4v) is 4.60. The van der Waals surface area contributed by atoms with E-state index in [4.69, 9.17) is 0 Å². The number of pyridine rings is 2. The molecule has 1 N–H and O–H groups in total. The first kappa shape index (κ1) is 23.0. The number of benzene rings is 4. The lowest BCUT2D eigenvalue weighted by molar-refractivity contribution is -0.138. The molecule has 0 unspecified atom stereocenters. The molecule has 0 radical (unpaired) electrons. The van der Waals surface area contributed by atoms with Crippen molar-refractivity contribution >= 4 is 54.7 Å². The number of hydrogen-bond acceptors (Lipinski definition) is 3. The summed E-state index contributed by atoms with van der Waals surface area (Å²) in [5, 5.41) is 5.63. The smallest absolute Gasteiger partial charge is 0.352 e. The van der Waals surface area contributed by atoms with Crippen LogP contribution >= 0.6 is 0 Å². The Morgan fingerprint density at radius 1 is 0.514 bits per heavy atom. The fourth-order valence-electron chi connectivity index (χ4n) is 4.60. The highest BCUT2D eigenvalue weighted by molar-refractivity contribution is 6.12. The zero-order valence-electron chi connectivity index (χ0n) is 18.7. The van der Waals surface area contributed by atoms with Gasteiger partial charge in [-0.05, 0) is 35.0 Å². The summed E-state index contributed by atoms with van der Waals surface area (Å²) in [7, 11) is 0. The average Bonchev–Trinajstić information content (AvgIpc) is 2.87. The lowest BCUT2D eigenvalue weighted by Crippen LogP contribution is -2.08. The molecule has 2 heterocycles. The second-order valence-corrected chi connectivity index (χ2v) is 8.65. The molecule has 0 aliphatic rings. The first-order chi connectivity index (χ1) is 17.6. The van der Waals surface area contributed by atoms with Gasteiger partial charge in [-0.1, -0.05) is 48.5 Å². The van der Waals surface area contributed by atoms with Crippen molar-refractivity contribution < 1.29 is 26.3 Å². The van der Waals surface area contributed by atoms with Gasteiger partial charge in [0, 0.05) is 33.9 Å². The van der Waals surface area contributed by atoms with Crippen LogP contribution in [0.3, 0.4) is 0 Å². The third-order valence-electron chi connectivity index (χ3n) is 6.31. The Labute approximate surface area is 205 Å². The third-order valence-corrected chi connectivity index (χ3v) is 6.31. The van der Waals surface area contributed by atoms with Gasteiger partial charge in [-0.3, -0.25) is 9.97 Å². The third kappa shape index (κ3) is 3.96. The van der Waals surface area contributed by atoms with E-state index < -0.39 is 23.5 Å². The number of alkyl halides is 6. The molecule has 0 fully saturated rings. The highest BCUT2D eigenvalue weighted by atomic mass is 19.4. The largest absolute Gasteiger partial charge is 0.416 e. The van der Waals surface area contributed by atoms with Gasteiger partial charge in [0.05, 0.1) is 33.5 Å². The van der Waals surface area contributed by atoms with Crippen molar-refractivity contribution in [3.63, 3.8) is 0 Å². The first-order valence-corrected chi connectivity index (χ1v) is 11.1. The molecule has 0 bridgehead atoms. The zero-order valence-corrected chi connectivity index (χ0v) is 18.7. The molecule has 2 aromatic heterocycles. The molecular formula is C28H15F6N3. The van der Waals surface area contributed by atoms with Crippen LogP contribution in [0.4, 0.5) is 37.7 Å². The van der Waals surface area contributed by atoms with Gasteiger partial charge in [-0.15, -0.1) is 0 Å². The van der Waals surface area contributed by atoms with Crippen molar-refractivity contribution in [2.45, 2.75) is 12.4 Å². The van der Waals surface area contributed by atoms with Crippen LogP contribution in [0.15, 0.2) is 85.2 Å². The molecule has 4 aromatic carbocycles. The number of nitrogens with one attached hydrogen (secondary N) is 1. The lowest BCUT2D eigenvalue weighted by atomic mass is 10.0. The number of aromatic nitrogens is 2. The Bertz CT molecular complexity index is 1710. The molecule has 6 aromatic rings. The molecule has 0 saturated carbocycles. The first-order valence-electron chi connectivity index (χ1n) is 11.1. The van der Waals surface area contributed by atoms with Gasteiger partial charge in [0.1, 0.15) is 0 Å². The Morgan fingerprint density at radius 3 is 1.32 bits per heavy atom. The molecule has 184 valence electrons. The van der Waals surface area contributed by atoms with Gasteiger partial charge in [0.15, 0.2) is 0 Å². The van der Waals surface area contributed by atoms with Crippen LogP contribution < -0.4 is 5.32 Å². The van der Waals surface area contributed by atoms with Crippen LogP contribution in [-0.4, -0.2) is 9.97 Å². The quantitative estimate of drug-likeness (QED) is 0.188. The summed E-state index contributed by atoms with van der Waals surface area (Å²) >= 11 is 0. The maximum absolute atomic E-state index is 13.9. The normalized spacial score (nSPS) is 12.6. The summed E-state index contributed by atoms with van der Waals surface area (Å²) < 4.78 is 83.2. The minimum atomic E-state index is -4.69. The van der Waals surface area contributed by atoms with E-state index in [0.717, 1.165) is 24.3 Å². The summed E-state index contributed by atoms with van der Waals surface area (Å²) in [6, 6.07) is 17.4. The monoisotopic (exact) mass is 507 g/mol. The molecule has 0 saturated heterocycles. The molecule has 0 spiro atoms. The highest BCUT2D eigenvalue weighted by Gasteiger charge is 2.33. The molecule has 0 aliphatic heterocycles. The Balaban J connectivity index is 1.66. The second kappa shape index (κ2) is 8.06. The minimum absolute atomic E-state index is 0.0776. The van der Waals surface area contributed by atoms with E-state index in [9.17, 15) is 26.3 Å². The van der Waals surface area contributed by atoms with Gasteiger partial charge in [-0.25, -0.2) is 0 Å². The summed E-state index contributed by atoms with van der Waals surface area (Å²) in [4.78, 5) is 8.71. The fraction of sp³-hybridized carbons (Fsp3) is 0.0714. The Kier molecular flexibility index (Phi) is 5.01. The van der Waals surface area contributed by atoms with Crippen molar-refractivity contribution in [3.8, 4) is 0 Å². The zero-order chi connectivity index (χ0) is 25.9. The SMILES string of the molecule is FC(F)(F)c1cc(Nc2cc(C(F)(F)F)cc3c2ncc2ccccc23)c2ncc3ccccc3c2c1. The van der Waals surface area contributed by atoms with E-state index in [-0.39, 0.29) is 33.2 Å². The molecular weight excluding hydrogens is 492 g/mol. The summed E-state index contributed by atoms with van der Waals surface area (Å²) in [5.41, 5.74) is -1.67. The average molecular weight is 507 g/mol. The molecule has 0 amide bonds. The van der Waals surface area contributed by atoms with Crippen molar-refractivity contribution in [1.29, 1.82) is 0 Å². The molecule has 37 heavy (non-hydrogen) atoms. The number of hydrogen-bond donors (Lipinski definition) is 1. The Hall–Kier alpha value is -4.40. The molecule has 0 aliphatic carbocycles. The molecule has 9 heteroatoms. The van der Waals surface area contributed by atoms with Crippen LogP contribution in [0, 0.1) is 0 Å². The van der Waals surface area contributed by atoms with Crippen molar-refractivity contribution in [1.82, 2.24) is 9.97 Å². The highest BCUT2D eigenvalue weighted by Crippen LogP contribution is 2.41.